The zero-order chi connectivity index (χ0) is 16.2. The summed E-state index contributed by atoms with van der Waals surface area (Å²) in [6.45, 7) is 1.99. The molecule has 0 aliphatic heterocycles. The predicted octanol–water partition coefficient (Wildman–Crippen LogP) is 4.39. The van der Waals surface area contributed by atoms with Crippen molar-refractivity contribution in [1.82, 2.24) is 4.98 Å². The summed E-state index contributed by atoms with van der Waals surface area (Å²) in [5.41, 5.74) is 8.94. The molecule has 1 heterocycles. The highest BCUT2D eigenvalue weighted by Crippen LogP contribution is 2.27. The molecule has 1 fully saturated rings. The van der Waals surface area contributed by atoms with Crippen LogP contribution in [-0.2, 0) is 4.79 Å². The predicted molar refractivity (Wildman–Crippen MR) is 103 cm³/mol. The highest BCUT2D eigenvalue weighted by atomic mass is 35.5. The lowest BCUT2D eigenvalue weighted by Gasteiger charge is -2.27. The number of hydrogen-bond acceptors (Lipinski definition) is 4. The first-order chi connectivity index (χ1) is 11.1. The Morgan fingerprint density at radius 3 is 2.88 bits per heavy atom. The Kier molecular flexibility index (Phi) is 6.78. The van der Waals surface area contributed by atoms with Crippen LogP contribution in [0, 0.1) is 12.8 Å². The van der Waals surface area contributed by atoms with Crippen molar-refractivity contribution in [2.45, 2.75) is 45.1 Å². The molecular formula is C18H24ClN3OS. The lowest BCUT2D eigenvalue weighted by atomic mass is 9.83. The molecular weight excluding hydrogens is 342 g/mol. The Morgan fingerprint density at radius 2 is 2.17 bits per heavy atom. The summed E-state index contributed by atoms with van der Waals surface area (Å²) in [4.78, 5) is 16.8. The minimum absolute atomic E-state index is 0. The maximum atomic E-state index is 12.3. The molecule has 1 aromatic carbocycles. The second kappa shape index (κ2) is 8.60. The quantitative estimate of drug-likeness (QED) is 0.844. The fourth-order valence-electron chi connectivity index (χ4n) is 3.19. The number of halogens is 1. The zero-order valence-electron chi connectivity index (χ0n) is 13.8. The molecule has 1 aromatic heterocycles. The van der Waals surface area contributed by atoms with Crippen molar-refractivity contribution >= 4 is 35.3 Å². The summed E-state index contributed by atoms with van der Waals surface area (Å²) in [5.74, 6) is 0.368. The molecule has 0 spiro atoms. The van der Waals surface area contributed by atoms with Crippen LogP contribution < -0.4 is 11.1 Å². The number of anilines is 1. The normalized spacial score (nSPS) is 20.2. The Labute approximate surface area is 153 Å². The summed E-state index contributed by atoms with van der Waals surface area (Å²) in [7, 11) is 0. The molecule has 3 N–H and O–H groups in total. The third-order valence-corrected chi connectivity index (χ3v) is 5.25. The molecule has 2 unspecified atom stereocenters. The van der Waals surface area contributed by atoms with Crippen molar-refractivity contribution < 1.29 is 4.79 Å². The standard InChI is InChI=1S/C18H23N3OS.ClH/c1-12-20-17(11-23-12)14-6-4-7-15(9-14)21-18(22)10-13-5-2-3-8-16(13)19;/h4,6-7,9,11,13,16H,2-3,5,8,10,19H2,1H3,(H,21,22);1H. The summed E-state index contributed by atoms with van der Waals surface area (Å²) in [5, 5.41) is 6.09. The fourth-order valence-corrected chi connectivity index (χ4v) is 3.81. The fraction of sp³-hybridized carbons (Fsp3) is 0.444. The topological polar surface area (TPSA) is 68.0 Å². The highest BCUT2D eigenvalue weighted by molar-refractivity contribution is 7.09. The van der Waals surface area contributed by atoms with Gasteiger partial charge in [0.15, 0.2) is 0 Å². The third kappa shape index (κ3) is 4.79. The minimum Gasteiger partial charge on any atom is -0.327 e. The number of amides is 1. The van der Waals surface area contributed by atoms with E-state index in [0.29, 0.717) is 12.3 Å². The smallest absolute Gasteiger partial charge is 0.224 e. The van der Waals surface area contributed by atoms with Crippen LogP contribution in [0.5, 0.6) is 0 Å². The average molecular weight is 366 g/mol. The molecule has 2 atom stereocenters. The first-order valence-corrected chi connectivity index (χ1v) is 9.08. The molecule has 0 bridgehead atoms. The van der Waals surface area contributed by atoms with Gasteiger partial charge in [0.05, 0.1) is 10.7 Å². The van der Waals surface area contributed by atoms with Crippen molar-refractivity contribution in [3.05, 3.63) is 34.7 Å². The van der Waals surface area contributed by atoms with E-state index in [0.717, 1.165) is 34.8 Å². The molecule has 3 rings (SSSR count). The molecule has 1 aliphatic rings. The maximum Gasteiger partial charge on any atom is 0.224 e. The molecule has 1 saturated carbocycles. The van der Waals surface area contributed by atoms with Crippen molar-refractivity contribution in [1.29, 1.82) is 0 Å². The van der Waals surface area contributed by atoms with Crippen LogP contribution in [0.4, 0.5) is 5.69 Å². The van der Waals surface area contributed by atoms with Crippen LogP contribution in [0.15, 0.2) is 29.6 Å². The number of nitrogens with zero attached hydrogens (tertiary/aromatic N) is 1. The molecule has 2 aromatic rings. The van der Waals surface area contributed by atoms with Crippen LogP contribution in [0.1, 0.15) is 37.1 Å². The molecule has 24 heavy (non-hydrogen) atoms. The molecule has 4 nitrogen and oxygen atoms in total. The van der Waals surface area contributed by atoms with Gasteiger partial charge in [-0.2, -0.15) is 0 Å². The number of thiazole rings is 1. The van der Waals surface area contributed by atoms with Crippen LogP contribution in [0.25, 0.3) is 11.3 Å². The summed E-state index contributed by atoms with van der Waals surface area (Å²) < 4.78 is 0. The Bertz CT molecular complexity index is 688. The number of carbonyl (C=O) groups is 1. The summed E-state index contributed by atoms with van der Waals surface area (Å²) in [6.07, 6.45) is 4.99. The van der Waals surface area contributed by atoms with E-state index in [-0.39, 0.29) is 24.4 Å². The molecule has 6 heteroatoms. The number of carbonyl (C=O) groups excluding carboxylic acids is 1. The molecule has 1 aliphatic carbocycles. The first kappa shape index (κ1) is 18.9. The van der Waals surface area contributed by atoms with Gasteiger partial charge in [-0.1, -0.05) is 25.0 Å². The first-order valence-electron chi connectivity index (χ1n) is 8.20. The number of aryl methyl sites for hydroxylation is 1. The van der Waals surface area contributed by atoms with Crippen LogP contribution in [0.3, 0.4) is 0 Å². The van der Waals surface area contributed by atoms with Gasteiger partial charge in [-0.3, -0.25) is 4.79 Å². The summed E-state index contributed by atoms with van der Waals surface area (Å²) in [6, 6.07) is 8.03. The van der Waals surface area contributed by atoms with E-state index in [2.05, 4.69) is 10.3 Å². The molecule has 130 valence electrons. The second-order valence-electron chi connectivity index (χ2n) is 6.29. The van der Waals surface area contributed by atoms with Gasteiger partial charge in [0.1, 0.15) is 0 Å². The van der Waals surface area contributed by atoms with E-state index in [1.807, 2.05) is 36.6 Å². The number of benzene rings is 1. The Hall–Kier alpha value is -1.43. The second-order valence-corrected chi connectivity index (χ2v) is 7.36. The van der Waals surface area contributed by atoms with Gasteiger partial charge in [-0.05, 0) is 37.8 Å². The van der Waals surface area contributed by atoms with Gasteiger partial charge in [0.2, 0.25) is 5.91 Å². The van der Waals surface area contributed by atoms with Crippen LogP contribution >= 0.6 is 23.7 Å². The number of hydrogen-bond donors (Lipinski definition) is 2. The van der Waals surface area contributed by atoms with Crippen molar-refractivity contribution in [3.8, 4) is 11.3 Å². The maximum absolute atomic E-state index is 12.3. The van der Waals surface area contributed by atoms with E-state index in [1.54, 1.807) is 11.3 Å². The van der Waals surface area contributed by atoms with Crippen molar-refractivity contribution in [3.63, 3.8) is 0 Å². The minimum atomic E-state index is 0. The van der Waals surface area contributed by atoms with Gasteiger partial charge in [-0.25, -0.2) is 4.98 Å². The Morgan fingerprint density at radius 1 is 1.38 bits per heavy atom. The molecule has 1 amide bonds. The number of nitrogens with one attached hydrogen (secondary N) is 1. The monoisotopic (exact) mass is 365 g/mol. The van der Waals surface area contributed by atoms with Crippen molar-refractivity contribution in [2.24, 2.45) is 11.7 Å². The van der Waals surface area contributed by atoms with E-state index in [4.69, 9.17) is 5.73 Å². The molecule has 0 saturated heterocycles. The van der Waals surface area contributed by atoms with E-state index < -0.39 is 0 Å². The van der Waals surface area contributed by atoms with E-state index in [1.165, 1.54) is 12.8 Å². The zero-order valence-corrected chi connectivity index (χ0v) is 15.5. The largest absolute Gasteiger partial charge is 0.327 e. The van der Waals surface area contributed by atoms with Crippen molar-refractivity contribution in [2.75, 3.05) is 5.32 Å². The lowest BCUT2D eigenvalue weighted by Crippen LogP contribution is -2.35. The number of rotatable bonds is 4. The lowest BCUT2D eigenvalue weighted by molar-refractivity contribution is -0.117. The van der Waals surface area contributed by atoms with E-state index in [9.17, 15) is 4.79 Å². The molecule has 0 radical (unpaired) electrons. The van der Waals surface area contributed by atoms with Gasteiger partial charge in [-0.15, -0.1) is 23.7 Å². The highest BCUT2D eigenvalue weighted by Gasteiger charge is 2.24. The third-order valence-electron chi connectivity index (χ3n) is 4.48. The summed E-state index contributed by atoms with van der Waals surface area (Å²) >= 11 is 1.63. The van der Waals surface area contributed by atoms with E-state index >= 15 is 0 Å². The van der Waals surface area contributed by atoms with Gasteiger partial charge in [0, 0.05) is 29.1 Å². The van der Waals surface area contributed by atoms with Crippen LogP contribution in [-0.4, -0.2) is 16.9 Å². The number of aromatic nitrogens is 1. The number of nitrogens with two attached hydrogens (primary N) is 1. The van der Waals surface area contributed by atoms with Gasteiger partial charge in [0.25, 0.3) is 0 Å². The Balaban J connectivity index is 0.00000208. The van der Waals surface area contributed by atoms with Crippen LogP contribution in [0.2, 0.25) is 0 Å². The average Bonchev–Trinajstić information content (AvgIpc) is 2.96. The van der Waals surface area contributed by atoms with Gasteiger partial charge >= 0.3 is 0 Å². The SMILES string of the molecule is Cc1nc(-c2cccc(NC(=O)CC3CCCCC3N)c2)cs1.Cl. The van der Waals surface area contributed by atoms with Gasteiger partial charge < -0.3 is 11.1 Å².